The number of halogens is 6. The van der Waals surface area contributed by atoms with Gasteiger partial charge in [0, 0.05) is 26.1 Å². The van der Waals surface area contributed by atoms with Gasteiger partial charge < -0.3 is 10.2 Å². The smallest absolute Gasteiger partial charge is 0.352 e. The summed E-state index contributed by atoms with van der Waals surface area (Å²) in [5, 5.41) is 2.50. The van der Waals surface area contributed by atoms with Crippen LogP contribution in [0.4, 0.5) is 26.3 Å². The van der Waals surface area contributed by atoms with Crippen molar-refractivity contribution in [1.29, 1.82) is 0 Å². The van der Waals surface area contributed by atoms with Crippen LogP contribution in [0.2, 0.25) is 0 Å². The van der Waals surface area contributed by atoms with Gasteiger partial charge in [0.05, 0.1) is 17.0 Å². The molecule has 1 aromatic rings. The highest BCUT2D eigenvalue weighted by molar-refractivity contribution is 5.89. The number of hydrogen-bond donors (Lipinski definition) is 1. The molecule has 148 valence electrons. The van der Waals surface area contributed by atoms with Crippen molar-refractivity contribution >= 4 is 11.8 Å². The minimum atomic E-state index is -4.96. The van der Waals surface area contributed by atoms with Gasteiger partial charge in [-0.1, -0.05) is 6.08 Å². The van der Waals surface area contributed by atoms with E-state index in [2.05, 4.69) is 11.9 Å². The minimum Gasteiger partial charge on any atom is -0.352 e. The molecular formula is C17H16F6N2O2. The highest BCUT2D eigenvalue weighted by Crippen LogP contribution is 2.36. The summed E-state index contributed by atoms with van der Waals surface area (Å²) >= 11 is 0. The van der Waals surface area contributed by atoms with Gasteiger partial charge in [0.2, 0.25) is 11.8 Å². The Bertz CT molecular complexity index is 710. The molecule has 0 aliphatic carbocycles. The summed E-state index contributed by atoms with van der Waals surface area (Å²) in [6.07, 6.45) is -8.64. The molecule has 1 aliphatic rings. The predicted molar refractivity (Wildman–Crippen MR) is 83.2 cm³/mol. The van der Waals surface area contributed by atoms with Crippen LogP contribution in [-0.4, -0.2) is 29.8 Å². The summed E-state index contributed by atoms with van der Waals surface area (Å²) in [5.41, 5.74) is -3.20. The Morgan fingerprint density at radius 2 is 1.70 bits per heavy atom. The molecule has 1 aromatic carbocycles. The van der Waals surface area contributed by atoms with Crippen LogP contribution >= 0.6 is 0 Å². The van der Waals surface area contributed by atoms with E-state index in [0.717, 1.165) is 4.90 Å². The maximum Gasteiger partial charge on any atom is 0.416 e. The third-order valence-electron chi connectivity index (χ3n) is 4.03. The van der Waals surface area contributed by atoms with Gasteiger partial charge in [0.1, 0.15) is 0 Å². The number of hydrogen-bond acceptors (Lipinski definition) is 2. The van der Waals surface area contributed by atoms with E-state index < -0.39 is 47.8 Å². The minimum absolute atomic E-state index is 0.0286. The number of rotatable bonds is 5. The first-order valence-corrected chi connectivity index (χ1v) is 7.86. The first-order valence-electron chi connectivity index (χ1n) is 7.86. The zero-order chi connectivity index (χ0) is 20.4. The Morgan fingerprint density at radius 3 is 2.19 bits per heavy atom. The van der Waals surface area contributed by atoms with E-state index in [1.807, 2.05) is 0 Å². The molecule has 1 N–H and O–H groups in total. The van der Waals surface area contributed by atoms with Crippen molar-refractivity contribution in [2.75, 3.05) is 13.1 Å². The SMILES string of the molecule is C=CCNC(=O)[C@H]1CC(=O)N(Cc2cc(C(F)(F)F)cc(C(F)(F)F)c2)C1. The fraction of sp³-hybridized carbons (Fsp3) is 0.412. The van der Waals surface area contributed by atoms with Crippen LogP contribution in [0.5, 0.6) is 0 Å². The summed E-state index contributed by atoms with van der Waals surface area (Å²) in [4.78, 5) is 25.0. The number of benzene rings is 1. The summed E-state index contributed by atoms with van der Waals surface area (Å²) in [5.74, 6) is -1.66. The van der Waals surface area contributed by atoms with Crippen molar-refractivity contribution in [2.24, 2.45) is 5.92 Å². The van der Waals surface area contributed by atoms with E-state index >= 15 is 0 Å². The Balaban J connectivity index is 2.22. The van der Waals surface area contributed by atoms with Crippen LogP contribution in [-0.2, 0) is 28.5 Å². The van der Waals surface area contributed by atoms with Crippen LogP contribution in [0.15, 0.2) is 30.9 Å². The number of carbonyl (C=O) groups is 2. The van der Waals surface area contributed by atoms with Gasteiger partial charge >= 0.3 is 12.4 Å². The first-order chi connectivity index (χ1) is 12.4. The fourth-order valence-corrected chi connectivity index (χ4v) is 2.75. The van der Waals surface area contributed by atoms with E-state index in [9.17, 15) is 35.9 Å². The summed E-state index contributed by atoms with van der Waals surface area (Å²) in [6, 6.07) is 1.18. The van der Waals surface area contributed by atoms with Gasteiger partial charge in [-0.15, -0.1) is 6.58 Å². The number of carbonyl (C=O) groups excluding carboxylic acids is 2. The van der Waals surface area contributed by atoms with E-state index in [0.29, 0.717) is 12.1 Å². The average Bonchev–Trinajstić information content (AvgIpc) is 2.91. The molecule has 1 atom stereocenters. The van der Waals surface area contributed by atoms with E-state index in [4.69, 9.17) is 0 Å². The Labute approximate surface area is 150 Å². The molecule has 1 aliphatic heterocycles. The third kappa shape index (κ3) is 5.24. The largest absolute Gasteiger partial charge is 0.416 e. The highest BCUT2D eigenvalue weighted by atomic mass is 19.4. The number of amides is 2. The van der Waals surface area contributed by atoms with Gasteiger partial charge in [-0.05, 0) is 23.8 Å². The van der Waals surface area contributed by atoms with Crippen molar-refractivity contribution in [2.45, 2.75) is 25.3 Å². The second-order valence-electron chi connectivity index (χ2n) is 6.12. The number of nitrogens with one attached hydrogen (secondary N) is 1. The normalized spacial score (nSPS) is 17.9. The molecule has 1 fully saturated rings. The van der Waals surface area contributed by atoms with Gasteiger partial charge in [-0.25, -0.2) is 0 Å². The standard InChI is InChI=1S/C17H16F6N2O2/c1-2-3-24-15(27)11-6-14(26)25(9-11)8-10-4-12(16(18,19)20)7-13(5-10)17(21,22)23/h2,4-5,7,11H,1,3,6,8-9H2,(H,24,27)/t11-/m0/s1. The van der Waals surface area contributed by atoms with Gasteiger partial charge in [-0.2, -0.15) is 26.3 Å². The molecule has 0 bridgehead atoms. The number of alkyl halides is 6. The average molecular weight is 394 g/mol. The van der Waals surface area contributed by atoms with Crippen molar-refractivity contribution in [1.82, 2.24) is 10.2 Å². The van der Waals surface area contributed by atoms with Crippen molar-refractivity contribution < 1.29 is 35.9 Å². The molecule has 0 saturated carbocycles. The molecule has 27 heavy (non-hydrogen) atoms. The van der Waals surface area contributed by atoms with Crippen LogP contribution in [0.3, 0.4) is 0 Å². The van der Waals surface area contributed by atoms with E-state index in [1.54, 1.807) is 0 Å². The maximum atomic E-state index is 12.9. The molecule has 4 nitrogen and oxygen atoms in total. The third-order valence-corrected chi connectivity index (χ3v) is 4.03. The van der Waals surface area contributed by atoms with Crippen LogP contribution in [0.25, 0.3) is 0 Å². The summed E-state index contributed by atoms with van der Waals surface area (Å²) in [6.45, 7) is 3.08. The maximum absolute atomic E-state index is 12.9. The monoisotopic (exact) mass is 394 g/mol. The number of likely N-dealkylation sites (tertiary alicyclic amines) is 1. The molecular weight excluding hydrogens is 378 g/mol. The van der Waals surface area contributed by atoms with Crippen molar-refractivity contribution in [3.63, 3.8) is 0 Å². The molecule has 0 unspecified atom stereocenters. The molecule has 1 saturated heterocycles. The lowest BCUT2D eigenvalue weighted by molar-refractivity contribution is -0.143. The Hall–Kier alpha value is -2.52. The topological polar surface area (TPSA) is 49.4 Å². The molecule has 1 heterocycles. The lowest BCUT2D eigenvalue weighted by Crippen LogP contribution is -2.32. The fourth-order valence-electron chi connectivity index (χ4n) is 2.75. The number of nitrogens with zero attached hydrogens (tertiary/aromatic N) is 1. The zero-order valence-electron chi connectivity index (χ0n) is 14.0. The van der Waals surface area contributed by atoms with Crippen LogP contribution in [0, 0.1) is 5.92 Å². The molecule has 2 rings (SSSR count). The zero-order valence-corrected chi connectivity index (χ0v) is 14.0. The van der Waals surface area contributed by atoms with Crippen molar-refractivity contribution in [3.05, 3.63) is 47.5 Å². The lowest BCUT2D eigenvalue weighted by Gasteiger charge is -2.19. The van der Waals surface area contributed by atoms with Gasteiger partial charge in [-0.3, -0.25) is 9.59 Å². The predicted octanol–water partition coefficient (Wildman–Crippen LogP) is 3.37. The molecule has 2 amide bonds. The van der Waals surface area contributed by atoms with Crippen molar-refractivity contribution in [3.8, 4) is 0 Å². The van der Waals surface area contributed by atoms with E-state index in [1.165, 1.54) is 6.08 Å². The van der Waals surface area contributed by atoms with Gasteiger partial charge in [0.25, 0.3) is 0 Å². The second-order valence-corrected chi connectivity index (χ2v) is 6.12. The molecule has 0 radical (unpaired) electrons. The Morgan fingerprint density at radius 1 is 1.15 bits per heavy atom. The van der Waals surface area contributed by atoms with Crippen LogP contribution < -0.4 is 5.32 Å². The quantitative estimate of drug-likeness (QED) is 0.615. The lowest BCUT2D eigenvalue weighted by atomic mass is 10.0. The van der Waals surface area contributed by atoms with E-state index in [-0.39, 0.29) is 31.1 Å². The summed E-state index contributed by atoms with van der Waals surface area (Å²) < 4.78 is 77.4. The Kier molecular flexibility index (Phi) is 5.86. The molecule has 0 aromatic heterocycles. The van der Waals surface area contributed by atoms with Gasteiger partial charge in [0.15, 0.2) is 0 Å². The molecule has 0 spiro atoms. The highest BCUT2D eigenvalue weighted by Gasteiger charge is 2.38. The summed E-state index contributed by atoms with van der Waals surface area (Å²) in [7, 11) is 0. The first kappa shape index (κ1) is 20.8. The van der Waals surface area contributed by atoms with Crippen LogP contribution in [0.1, 0.15) is 23.1 Å². The molecule has 10 heteroatoms. The second kappa shape index (κ2) is 7.61.